The lowest BCUT2D eigenvalue weighted by Gasteiger charge is -2.12. The monoisotopic (exact) mass is 472 g/mol. The van der Waals surface area contributed by atoms with Gasteiger partial charge in [0.1, 0.15) is 23.5 Å². The first-order chi connectivity index (χ1) is 15.3. The molecular weight excluding hydrogens is 452 g/mol. The number of benzene rings is 1. The molecule has 0 spiro atoms. The molecule has 1 aliphatic heterocycles. The van der Waals surface area contributed by atoms with E-state index in [1.165, 1.54) is 25.4 Å². The highest BCUT2D eigenvalue weighted by molar-refractivity contribution is 7.15. The zero-order valence-electron chi connectivity index (χ0n) is 18.0. The largest absolute Gasteiger partial charge is 0.469 e. The third-order valence-electron chi connectivity index (χ3n) is 5.21. The second kappa shape index (κ2) is 8.84. The van der Waals surface area contributed by atoms with Crippen molar-refractivity contribution in [3.63, 3.8) is 0 Å². The molecule has 1 aromatic carbocycles. The molecule has 8 nitrogen and oxygen atoms in total. The molecule has 1 atom stereocenters. The van der Waals surface area contributed by atoms with E-state index in [0.29, 0.717) is 22.4 Å². The fourth-order valence-corrected chi connectivity index (χ4v) is 5.01. The Bertz CT molecular complexity index is 1230. The van der Waals surface area contributed by atoms with Crippen LogP contribution in [0.5, 0.6) is 0 Å². The van der Waals surface area contributed by atoms with Gasteiger partial charge < -0.3 is 9.47 Å². The van der Waals surface area contributed by atoms with Crippen molar-refractivity contribution < 1.29 is 19.1 Å². The summed E-state index contributed by atoms with van der Waals surface area (Å²) in [6, 6.07) is 6.80. The van der Waals surface area contributed by atoms with Crippen molar-refractivity contribution >= 4 is 40.6 Å². The number of rotatable bonds is 5. The van der Waals surface area contributed by atoms with Crippen LogP contribution in [-0.2, 0) is 25.7 Å². The summed E-state index contributed by atoms with van der Waals surface area (Å²) in [5, 5.41) is 10.1. The van der Waals surface area contributed by atoms with Crippen LogP contribution >= 0.6 is 22.9 Å². The molecule has 3 heterocycles. The van der Waals surface area contributed by atoms with E-state index in [4.69, 9.17) is 26.1 Å². The Balaban J connectivity index is 1.96. The summed E-state index contributed by atoms with van der Waals surface area (Å²) >= 11 is 7.60. The average molecular weight is 473 g/mol. The number of aliphatic imine (C=N–C) groups is 1. The summed E-state index contributed by atoms with van der Waals surface area (Å²) in [5.41, 5.74) is 3.38. The smallest absolute Gasteiger partial charge is 0.308 e. The van der Waals surface area contributed by atoms with Crippen LogP contribution in [0.15, 0.2) is 29.3 Å². The van der Waals surface area contributed by atoms with E-state index in [0.717, 1.165) is 26.6 Å². The minimum absolute atomic E-state index is 0.0278. The highest BCUT2D eigenvalue weighted by Gasteiger charge is 2.33. The predicted octanol–water partition coefficient (Wildman–Crippen LogP) is 4.12. The van der Waals surface area contributed by atoms with Crippen molar-refractivity contribution in [2.45, 2.75) is 39.8 Å². The minimum atomic E-state index is -0.578. The standard InChI is InChI=1S/C22H21ClN4O4S/c1-11-17(10-31-13(3)28)32-22-19(11)20(14-5-7-15(23)8-6-14)24-16(9-18(29)30-4)21-26-25-12(2)27(21)22/h5-8,16H,9-10H2,1-4H3/t16-/m0/s1. The van der Waals surface area contributed by atoms with E-state index < -0.39 is 6.04 Å². The lowest BCUT2D eigenvalue weighted by Crippen LogP contribution is -2.12. The molecule has 0 amide bonds. The lowest BCUT2D eigenvalue weighted by atomic mass is 9.99. The van der Waals surface area contributed by atoms with Gasteiger partial charge in [0.2, 0.25) is 0 Å². The topological polar surface area (TPSA) is 95.7 Å². The van der Waals surface area contributed by atoms with Crippen LogP contribution in [-0.4, -0.2) is 39.5 Å². The number of thiophene rings is 1. The number of carbonyl (C=O) groups is 2. The number of aryl methyl sites for hydroxylation is 1. The Hall–Kier alpha value is -3.04. The number of esters is 2. The first-order valence-corrected chi connectivity index (χ1v) is 11.1. The molecule has 0 unspecified atom stereocenters. The van der Waals surface area contributed by atoms with Crippen LogP contribution in [0.2, 0.25) is 5.02 Å². The fraction of sp³-hybridized carbons (Fsp3) is 0.318. The van der Waals surface area contributed by atoms with Gasteiger partial charge in [0.15, 0.2) is 5.82 Å². The Morgan fingerprint density at radius 2 is 1.91 bits per heavy atom. The molecule has 32 heavy (non-hydrogen) atoms. The van der Waals surface area contributed by atoms with Gasteiger partial charge in [0.25, 0.3) is 0 Å². The molecule has 1 aliphatic rings. The number of nitrogens with zero attached hydrogens (tertiary/aromatic N) is 4. The van der Waals surface area contributed by atoms with Gasteiger partial charge in [0, 0.05) is 28.0 Å². The third kappa shape index (κ3) is 4.05. The van der Waals surface area contributed by atoms with Crippen molar-refractivity contribution in [3.05, 3.63) is 62.5 Å². The van der Waals surface area contributed by atoms with E-state index >= 15 is 0 Å². The van der Waals surface area contributed by atoms with E-state index in [1.807, 2.05) is 30.5 Å². The molecule has 166 valence electrons. The maximum absolute atomic E-state index is 12.2. The normalized spacial score (nSPS) is 14.8. The lowest BCUT2D eigenvalue weighted by molar-refractivity contribution is -0.142. The van der Waals surface area contributed by atoms with Crippen molar-refractivity contribution in [2.24, 2.45) is 4.99 Å². The molecule has 2 aromatic heterocycles. The third-order valence-corrected chi connectivity index (χ3v) is 6.71. The minimum Gasteiger partial charge on any atom is -0.469 e. The first-order valence-electron chi connectivity index (χ1n) is 9.89. The summed E-state index contributed by atoms with van der Waals surface area (Å²) in [4.78, 5) is 29.4. The van der Waals surface area contributed by atoms with Crippen LogP contribution < -0.4 is 0 Å². The van der Waals surface area contributed by atoms with Gasteiger partial charge in [-0.2, -0.15) is 0 Å². The number of halogens is 1. The van der Waals surface area contributed by atoms with Gasteiger partial charge in [-0.25, -0.2) is 0 Å². The van der Waals surface area contributed by atoms with Crippen LogP contribution in [0.3, 0.4) is 0 Å². The Morgan fingerprint density at radius 3 is 2.56 bits per heavy atom. The highest BCUT2D eigenvalue weighted by atomic mass is 35.5. The summed E-state index contributed by atoms with van der Waals surface area (Å²) in [5.74, 6) is 0.486. The summed E-state index contributed by atoms with van der Waals surface area (Å²) in [6.45, 7) is 5.37. The SMILES string of the molecule is COC(=O)C[C@@H]1N=C(c2ccc(Cl)cc2)c2c(sc(COC(C)=O)c2C)-n2c(C)nnc21. The molecule has 0 bridgehead atoms. The number of fused-ring (bicyclic) bond motifs is 3. The van der Waals surface area contributed by atoms with Gasteiger partial charge in [-0.3, -0.25) is 19.1 Å². The molecule has 0 aliphatic carbocycles. The summed E-state index contributed by atoms with van der Waals surface area (Å²) in [7, 11) is 1.35. The zero-order valence-corrected chi connectivity index (χ0v) is 19.6. The van der Waals surface area contributed by atoms with Crippen molar-refractivity contribution in [1.82, 2.24) is 14.8 Å². The van der Waals surface area contributed by atoms with E-state index in [9.17, 15) is 9.59 Å². The highest BCUT2D eigenvalue weighted by Crippen LogP contribution is 2.40. The van der Waals surface area contributed by atoms with E-state index in [-0.39, 0.29) is 25.0 Å². The molecule has 4 rings (SSSR count). The van der Waals surface area contributed by atoms with Crippen molar-refractivity contribution in [1.29, 1.82) is 0 Å². The molecule has 0 saturated heterocycles. The first kappa shape index (κ1) is 22.2. The Morgan fingerprint density at radius 1 is 1.19 bits per heavy atom. The predicted molar refractivity (Wildman–Crippen MR) is 121 cm³/mol. The van der Waals surface area contributed by atoms with Crippen LogP contribution in [0, 0.1) is 13.8 Å². The zero-order chi connectivity index (χ0) is 23.0. The Kier molecular flexibility index (Phi) is 6.12. The van der Waals surface area contributed by atoms with Crippen LogP contribution in [0.1, 0.15) is 52.6 Å². The summed E-state index contributed by atoms with van der Waals surface area (Å²) in [6.07, 6.45) is 0.0278. The maximum Gasteiger partial charge on any atom is 0.308 e. The second-order valence-corrected chi connectivity index (χ2v) is 8.85. The van der Waals surface area contributed by atoms with Gasteiger partial charge >= 0.3 is 11.9 Å². The van der Waals surface area contributed by atoms with Crippen LogP contribution in [0.25, 0.3) is 5.00 Å². The summed E-state index contributed by atoms with van der Waals surface area (Å²) < 4.78 is 12.1. The Labute approximate surface area is 193 Å². The molecule has 0 saturated carbocycles. The number of aromatic nitrogens is 3. The molecular formula is C22H21ClN4O4S. The molecule has 0 radical (unpaired) electrons. The number of ether oxygens (including phenoxy) is 2. The van der Waals surface area contributed by atoms with Crippen molar-refractivity contribution in [2.75, 3.05) is 7.11 Å². The van der Waals surface area contributed by atoms with Gasteiger partial charge in [0.05, 0.1) is 19.2 Å². The van der Waals surface area contributed by atoms with Crippen molar-refractivity contribution in [3.8, 4) is 5.00 Å². The van der Waals surface area contributed by atoms with Gasteiger partial charge in [-0.15, -0.1) is 21.5 Å². The van der Waals surface area contributed by atoms with E-state index in [2.05, 4.69) is 10.2 Å². The van der Waals surface area contributed by atoms with Gasteiger partial charge in [-0.1, -0.05) is 23.7 Å². The number of carbonyl (C=O) groups excluding carboxylic acids is 2. The van der Waals surface area contributed by atoms with Crippen LogP contribution in [0.4, 0.5) is 0 Å². The molecule has 0 N–H and O–H groups in total. The maximum atomic E-state index is 12.2. The molecule has 10 heteroatoms. The molecule has 3 aromatic rings. The quantitative estimate of drug-likeness (QED) is 0.518. The second-order valence-electron chi connectivity index (χ2n) is 7.33. The fourth-order valence-electron chi connectivity index (χ4n) is 3.61. The number of methoxy groups -OCH3 is 1. The number of hydrogen-bond donors (Lipinski definition) is 0. The number of hydrogen-bond acceptors (Lipinski definition) is 8. The molecule has 0 fully saturated rings. The van der Waals surface area contributed by atoms with Gasteiger partial charge in [-0.05, 0) is 31.5 Å². The average Bonchev–Trinajstić information content (AvgIpc) is 3.25. The van der Waals surface area contributed by atoms with E-state index in [1.54, 1.807) is 12.1 Å².